The molecule has 3 aromatic carbocycles. The van der Waals surface area contributed by atoms with E-state index in [1.165, 1.54) is 40.4 Å². The van der Waals surface area contributed by atoms with Crippen molar-refractivity contribution in [2.75, 3.05) is 13.2 Å². The Bertz CT molecular complexity index is 1340. The van der Waals surface area contributed by atoms with Gasteiger partial charge in [-0.3, -0.25) is 19.8 Å². The Balaban J connectivity index is 1.49. The van der Waals surface area contributed by atoms with Gasteiger partial charge in [0.15, 0.2) is 0 Å². The van der Waals surface area contributed by atoms with E-state index in [9.17, 15) is 14.9 Å². The Hall–Kier alpha value is -3.69. The van der Waals surface area contributed by atoms with Crippen LogP contribution in [0.3, 0.4) is 0 Å². The molecule has 1 amide bonds. The van der Waals surface area contributed by atoms with Gasteiger partial charge >= 0.3 is 0 Å². The number of non-ortho nitro benzene ring substituents is 1. The number of amides is 1. The summed E-state index contributed by atoms with van der Waals surface area (Å²) in [7, 11) is 0. The molecule has 0 atom stereocenters. The van der Waals surface area contributed by atoms with Gasteiger partial charge in [0.1, 0.15) is 29.0 Å². The second-order valence-electron chi connectivity index (χ2n) is 8.18. The maximum Gasteiger partial charge on any atom is 0.270 e. The summed E-state index contributed by atoms with van der Waals surface area (Å²) in [6, 6.07) is 19.7. The van der Waals surface area contributed by atoms with Gasteiger partial charge in [-0.2, -0.15) is 0 Å². The third kappa shape index (κ3) is 6.10. The van der Waals surface area contributed by atoms with E-state index in [1.54, 1.807) is 6.08 Å². The van der Waals surface area contributed by atoms with Crippen LogP contribution in [0.15, 0.2) is 71.6 Å². The van der Waals surface area contributed by atoms with Gasteiger partial charge < -0.3 is 9.47 Å². The van der Waals surface area contributed by atoms with Crippen molar-refractivity contribution in [3.8, 4) is 11.5 Å². The molecule has 0 saturated carbocycles. The Morgan fingerprint density at radius 2 is 1.75 bits per heavy atom. The van der Waals surface area contributed by atoms with Crippen LogP contribution in [-0.4, -0.2) is 33.3 Å². The number of nitro benzene ring substituents is 1. The predicted octanol–water partition coefficient (Wildman–Crippen LogP) is 6.07. The number of thiocarbonyl (C=S) groups is 1. The molecule has 1 fully saturated rings. The van der Waals surface area contributed by atoms with Crippen LogP contribution in [-0.2, 0) is 11.3 Å². The first kappa shape index (κ1) is 25.4. The summed E-state index contributed by atoms with van der Waals surface area (Å²) >= 11 is 6.60. The van der Waals surface area contributed by atoms with Crippen molar-refractivity contribution < 1.29 is 19.2 Å². The lowest BCUT2D eigenvalue weighted by Crippen LogP contribution is -2.27. The Morgan fingerprint density at radius 3 is 2.47 bits per heavy atom. The monoisotopic (exact) mass is 520 g/mol. The molecule has 0 spiro atoms. The van der Waals surface area contributed by atoms with Crippen molar-refractivity contribution in [1.82, 2.24) is 4.90 Å². The van der Waals surface area contributed by atoms with Crippen molar-refractivity contribution in [2.24, 2.45) is 0 Å². The molecule has 0 radical (unpaired) electrons. The average molecular weight is 521 g/mol. The molecule has 1 aliphatic rings. The quantitative estimate of drug-likeness (QED) is 0.111. The van der Waals surface area contributed by atoms with Gasteiger partial charge in [0.25, 0.3) is 11.6 Å². The van der Waals surface area contributed by atoms with E-state index < -0.39 is 4.92 Å². The van der Waals surface area contributed by atoms with E-state index in [1.807, 2.05) is 62.4 Å². The number of carbonyl (C=O) groups excluding carboxylic acids is 1. The molecule has 0 bridgehead atoms. The highest BCUT2D eigenvalue weighted by Gasteiger charge is 2.32. The summed E-state index contributed by atoms with van der Waals surface area (Å²) in [4.78, 5) is 25.9. The van der Waals surface area contributed by atoms with E-state index in [-0.39, 0.29) is 24.8 Å². The third-order valence-electron chi connectivity index (χ3n) is 5.64. The van der Waals surface area contributed by atoms with Gasteiger partial charge in [0, 0.05) is 17.7 Å². The van der Waals surface area contributed by atoms with Gasteiger partial charge in [0.05, 0.1) is 16.4 Å². The van der Waals surface area contributed by atoms with Crippen LogP contribution in [0.5, 0.6) is 11.5 Å². The summed E-state index contributed by atoms with van der Waals surface area (Å²) in [5.74, 6) is 0.912. The number of carbonyl (C=O) groups is 1. The number of benzene rings is 3. The van der Waals surface area contributed by atoms with Gasteiger partial charge in [-0.05, 0) is 54.8 Å². The zero-order valence-corrected chi connectivity index (χ0v) is 21.4. The summed E-state index contributed by atoms with van der Waals surface area (Å²) < 4.78 is 12.1. The van der Waals surface area contributed by atoms with Crippen molar-refractivity contribution >= 4 is 46.0 Å². The van der Waals surface area contributed by atoms with Crippen LogP contribution in [0.4, 0.5) is 5.69 Å². The molecule has 1 aliphatic heterocycles. The number of nitro groups is 1. The Kier molecular flexibility index (Phi) is 8.02. The molecule has 4 rings (SSSR count). The highest BCUT2D eigenvalue weighted by Crippen LogP contribution is 2.36. The molecule has 3 aromatic rings. The van der Waals surface area contributed by atoms with E-state index in [4.69, 9.17) is 21.7 Å². The molecule has 36 heavy (non-hydrogen) atoms. The Labute approximate surface area is 218 Å². The predicted molar refractivity (Wildman–Crippen MR) is 145 cm³/mol. The lowest BCUT2D eigenvalue weighted by molar-refractivity contribution is -0.384. The first-order chi connectivity index (χ1) is 17.3. The zero-order chi connectivity index (χ0) is 25.7. The molecule has 7 nitrogen and oxygen atoms in total. The number of ether oxygens (including phenoxy) is 2. The van der Waals surface area contributed by atoms with Crippen LogP contribution in [0.1, 0.15) is 22.3 Å². The number of rotatable bonds is 9. The minimum absolute atomic E-state index is 0.0975. The maximum atomic E-state index is 13.1. The van der Waals surface area contributed by atoms with E-state index >= 15 is 0 Å². The Morgan fingerprint density at radius 1 is 1.00 bits per heavy atom. The fourth-order valence-corrected chi connectivity index (χ4v) is 4.80. The molecule has 0 aliphatic carbocycles. The van der Waals surface area contributed by atoms with Crippen LogP contribution in [0.25, 0.3) is 6.08 Å². The summed E-state index contributed by atoms with van der Waals surface area (Å²) in [5, 5.41) is 11.4. The van der Waals surface area contributed by atoms with E-state index in [2.05, 4.69) is 0 Å². The SMILES string of the molecule is Cc1ccc(OCCOc2ccc([N+](=O)[O-])cc2C=C2SC(=S)N(Cc3ccccc3)C2=O)cc1C. The van der Waals surface area contributed by atoms with Crippen molar-refractivity contribution in [3.63, 3.8) is 0 Å². The highest BCUT2D eigenvalue weighted by atomic mass is 32.2. The van der Waals surface area contributed by atoms with Gasteiger partial charge in [0.2, 0.25) is 0 Å². The topological polar surface area (TPSA) is 81.9 Å². The highest BCUT2D eigenvalue weighted by molar-refractivity contribution is 8.26. The largest absolute Gasteiger partial charge is 0.490 e. The second-order valence-corrected chi connectivity index (χ2v) is 9.85. The molecule has 1 heterocycles. The number of hydrogen-bond donors (Lipinski definition) is 0. The minimum atomic E-state index is -0.482. The molecule has 0 unspecified atom stereocenters. The fourth-order valence-electron chi connectivity index (χ4n) is 3.55. The van der Waals surface area contributed by atoms with Crippen LogP contribution < -0.4 is 9.47 Å². The number of aryl methyl sites for hydroxylation is 2. The van der Waals surface area contributed by atoms with E-state index in [0.717, 1.165) is 16.9 Å². The van der Waals surface area contributed by atoms with Gasteiger partial charge in [-0.1, -0.05) is 60.4 Å². The van der Waals surface area contributed by atoms with Crippen molar-refractivity contribution in [3.05, 3.63) is 104 Å². The first-order valence-electron chi connectivity index (χ1n) is 11.2. The molecule has 1 saturated heterocycles. The van der Waals surface area contributed by atoms with Crippen LogP contribution in [0, 0.1) is 24.0 Å². The van der Waals surface area contributed by atoms with Gasteiger partial charge in [-0.15, -0.1) is 0 Å². The molecule has 0 aromatic heterocycles. The summed E-state index contributed by atoms with van der Waals surface area (Å²) in [6.45, 7) is 4.92. The first-order valence-corrected chi connectivity index (χ1v) is 12.4. The number of hydrogen-bond acceptors (Lipinski definition) is 7. The van der Waals surface area contributed by atoms with Gasteiger partial charge in [-0.25, -0.2) is 0 Å². The molecule has 9 heteroatoms. The minimum Gasteiger partial charge on any atom is -0.490 e. The van der Waals surface area contributed by atoms with Crippen molar-refractivity contribution in [1.29, 1.82) is 0 Å². The van der Waals surface area contributed by atoms with Crippen LogP contribution >= 0.6 is 24.0 Å². The van der Waals surface area contributed by atoms with Crippen molar-refractivity contribution in [2.45, 2.75) is 20.4 Å². The standard InChI is InChI=1S/C27H24N2O5S2/c1-18-8-10-23(14-19(18)2)33-12-13-34-24-11-9-22(29(31)32)15-21(24)16-25-26(30)28(27(35)36-25)17-20-6-4-3-5-7-20/h3-11,14-16H,12-13,17H2,1-2H3. The lowest BCUT2D eigenvalue weighted by Gasteiger charge is -2.14. The zero-order valence-electron chi connectivity index (χ0n) is 19.8. The second kappa shape index (κ2) is 11.4. The molecule has 184 valence electrons. The third-order valence-corrected chi connectivity index (χ3v) is 7.01. The smallest absolute Gasteiger partial charge is 0.270 e. The molecular weight excluding hydrogens is 496 g/mol. The molecular formula is C27H24N2O5S2. The summed E-state index contributed by atoms with van der Waals surface area (Å²) in [6.07, 6.45) is 1.59. The maximum absolute atomic E-state index is 13.1. The number of thioether (sulfide) groups is 1. The average Bonchev–Trinajstić information content (AvgIpc) is 3.12. The summed E-state index contributed by atoms with van der Waals surface area (Å²) in [5.41, 5.74) is 3.60. The van der Waals surface area contributed by atoms with E-state index in [0.29, 0.717) is 27.1 Å². The lowest BCUT2D eigenvalue weighted by atomic mass is 10.1. The fraction of sp³-hybridized carbons (Fsp3) is 0.185. The number of nitrogens with zero attached hydrogens (tertiary/aromatic N) is 2. The normalized spacial score (nSPS) is 14.4. The molecule has 0 N–H and O–H groups in total. The van der Waals surface area contributed by atoms with Crippen LogP contribution in [0.2, 0.25) is 0 Å².